The molecule has 0 amide bonds. The van der Waals surface area contributed by atoms with Crippen LogP contribution < -0.4 is 5.32 Å². The molecule has 0 radical (unpaired) electrons. The summed E-state index contributed by atoms with van der Waals surface area (Å²) < 4.78 is 10.3. The van der Waals surface area contributed by atoms with Crippen molar-refractivity contribution in [3.63, 3.8) is 0 Å². The fraction of sp³-hybridized carbons (Fsp3) is 0.571. The SMILES string of the molecule is CCOC(=O)c1c(NC(=S)OCCO)sc2c1CCCC2. The monoisotopic (exact) mass is 329 g/mol. The fourth-order valence-electron chi connectivity index (χ4n) is 2.34. The standard InChI is InChI=1S/C14H19NO4S2/c1-2-18-13(17)11-9-5-3-4-6-10(9)21-12(11)15-14(20)19-8-7-16/h16H,2-8H2,1H3,(H,15,20). The third-order valence-corrected chi connectivity index (χ3v) is 4.62. The fourth-order valence-corrected chi connectivity index (χ4v) is 3.86. The van der Waals surface area contributed by atoms with Gasteiger partial charge in [0.2, 0.25) is 0 Å². The van der Waals surface area contributed by atoms with Gasteiger partial charge in [-0.05, 0) is 50.4 Å². The van der Waals surface area contributed by atoms with Crippen molar-refractivity contribution in [2.75, 3.05) is 25.1 Å². The van der Waals surface area contributed by atoms with E-state index in [1.54, 1.807) is 6.92 Å². The smallest absolute Gasteiger partial charge is 0.341 e. The van der Waals surface area contributed by atoms with E-state index in [1.165, 1.54) is 16.2 Å². The highest BCUT2D eigenvalue weighted by Gasteiger charge is 2.26. The number of aliphatic hydroxyl groups is 1. The number of thiophene rings is 1. The second-order valence-electron chi connectivity index (χ2n) is 4.62. The van der Waals surface area contributed by atoms with Crippen LogP contribution in [0.15, 0.2) is 0 Å². The van der Waals surface area contributed by atoms with Crippen LogP contribution in [0.5, 0.6) is 0 Å². The number of carbonyl (C=O) groups is 1. The molecule has 0 unspecified atom stereocenters. The van der Waals surface area contributed by atoms with Crippen LogP contribution in [0.4, 0.5) is 5.00 Å². The number of aryl methyl sites for hydroxylation is 1. The van der Waals surface area contributed by atoms with E-state index in [-0.39, 0.29) is 24.4 Å². The van der Waals surface area contributed by atoms with E-state index in [0.29, 0.717) is 17.2 Å². The van der Waals surface area contributed by atoms with Gasteiger partial charge in [0.25, 0.3) is 5.17 Å². The Labute approximate surface area is 133 Å². The predicted octanol–water partition coefficient (Wildman–Crippen LogP) is 2.51. The number of anilines is 1. The van der Waals surface area contributed by atoms with Crippen molar-refractivity contribution in [3.05, 3.63) is 16.0 Å². The first kappa shape index (κ1) is 16.2. The molecule has 1 aliphatic carbocycles. The summed E-state index contributed by atoms with van der Waals surface area (Å²) in [5.74, 6) is -0.315. The van der Waals surface area contributed by atoms with Crippen molar-refractivity contribution in [3.8, 4) is 0 Å². The van der Waals surface area contributed by atoms with Gasteiger partial charge in [0.05, 0.1) is 18.8 Å². The normalized spacial score (nSPS) is 13.4. The lowest BCUT2D eigenvalue weighted by Gasteiger charge is -2.12. The van der Waals surface area contributed by atoms with Crippen LogP contribution in [-0.4, -0.2) is 36.1 Å². The number of rotatable bonds is 5. The molecule has 2 N–H and O–H groups in total. The molecule has 0 aromatic carbocycles. The van der Waals surface area contributed by atoms with Gasteiger partial charge < -0.3 is 19.9 Å². The second kappa shape index (κ2) is 7.72. The van der Waals surface area contributed by atoms with Crippen LogP contribution in [0.1, 0.15) is 40.6 Å². The Bertz CT molecular complexity index is 527. The summed E-state index contributed by atoms with van der Waals surface area (Å²) in [4.78, 5) is 13.4. The lowest BCUT2D eigenvalue weighted by Crippen LogP contribution is -2.17. The van der Waals surface area contributed by atoms with Crippen molar-refractivity contribution < 1.29 is 19.4 Å². The average molecular weight is 329 g/mol. The van der Waals surface area contributed by atoms with Crippen molar-refractivity contribution in [2.24, 2.45) is 0 Å². The largest absolute Gasteiger partial charge is 0.468 e. The van der Waals surface area contributed by atoms with Crippen molar-refractivity contribution in [1.29, 1.82) is 0 Å². The molecule has 0 aliphatic heterocycles. The number of hydrogen-bond acceptors (Lipinski definition) is 6. The summed E-state index contributed by atoms with van der Waals surface area (Å²) in [5.41, 5.74) is 1.67. The van der Waals surface area contributed by atoms with Gasteiger partial charge in [-0.15, -0.1) is 11.3 Å². The molecule has 0 fully saturated rings. The average Bonchev–Trinajstić information content (AvgIpc) is 2.83. The number of ether oxygens (including phenoxy) is 2. The molecule has 0 atom stereocenters. The van der Waals surface area contributed by atoms with Crippen LogP contribution in [0, 0.1) is 0 Å². The lowest BCUT2D eigenvalue weighted by atomic mass is 9.95. The first-order valence-corrected chi connectivity index (χ1v) is 8.26. The molecule has 2 rings (SSSR count). The summed E-state index contributed by atoms with van der Waals surface area (Å²) >= 11 is 6.60. The number of aliphatic hydroxyl groups excluding tert-OH is 1. The minimum Gasteiger partial charge on any atom is -0.468 e. The maximum atomic E-state index is 12.2. The molecule has 0 saturated carbocycles. The van der Waals surface area contributed by atoms with Gasteiger partial charge in [0.1, 0.15) is 11.6 Å². The van der Waals surface area contributed by atoms with Gasteiger partial charge in [0.15, 0.2) is 0 Å². The Balaban J connectivity index is 2.24. The maximum absolute atomic E-state index is 12.2. The topological polar surface area (TPSA) is 67.8 Å². The molecule has 1 heterocycles. The summed E-state index contributed by atoms with van der Waals surface area (Å²) in [6.07, 6.45) is 4.10. The molecule has 0 spiro atoms. The number of carbonyl (C=O) groups excluding carboxylic acids is 1. The Morgan fingerprint density at radius 3 is 2.86 bits per heavy atom. The number of thiocarbonyl (C=S) groups is 1. The van der Waals surface area contributed by atoms with E-state index in [0.717, 1.165) is 31.2 Å². The zero-order valence-electron chi connectivity index (χ0n) is 11.9. The van der Waals surface area contributed by atoms with Gasteiger partial charge in [0, 0.05) is 4.88 Å². The number of hydrogen-bond donors (Lipinski definition) is 2. The Morgan fingerprint density at radius 1 is 1.38 bits per heavy atom. The molecule has 5 nitrogen and oxygen atoms in total. The van der Waals surface area contributed by atoms with Crippen LogP contribution in [0.25, 0.3) is 0 Å². The summed E-state index contributed by atoms with van der Waals surface area (Å²) in [5, 5.41) is 12.5. The Hall–Kier alpha value is -1.18. The highest BCUT2D eigenvalue weighted by atomic mass is 32.1. The predicted molar refractivity (Wildman–Crippen MR) is 86.2 cm³/mol. The highest BCUT2D eigenvalue weighted by Crippen LogP contribution is 2.38. The molecular formula is C14H19NO4S2. The van der Waals surface area contributed by atoms with E-state index in [2.05, 4.69) is 5.32 Å². The van der Waals surface area contributed by atoms with E-state index < -0.39 is 0 Å². The third-order valence-electron chi connectivity index (χ3n) is 3.19. The van der Waals surface area contributed by atoms with Crippen LogP contribution >= 0.6 is 23.6 Å². The quantitative estimate of drug-likeness (QED) is 0.639. The zero-order chi connectivity index (χ0) is 15.2. The first-order valence-electron chi connectivity index (χ1n) is 7.03. The third kappa shape index (κ3) is 3.93. The zero-order valence-corrected chi connectivity index (χ0v) is 13.6. The molecule has 7 heteroatoms. The van der Waals surface area contributed by atoms with Gasteiger partial charge in [-0.25, -0.2) is 4.79 Å². The van der Waals surface area contributed by atoms with E-state index >= 15 is 0 Å². The summed E-state index contributed by atoms with van der Waals surface area (Å²) in [7, 11) is 0. The molecule has 21 heavy (non-hydrogen) atoms. The highest BCUT2D eigenvalue weighted by molar-refractivity contribution is 7.80. The minimum atomic E-state index is -0.315. The van der Waals surface area contributed by atoms with E-state index in [9.17, 15) is 4.79 Å². The molecule has 0 bridgehead atoms. The second-order valence-corrected chi connectivity index (χ2v) is 6.10. The number of fused-ring (bicyclic) bond motifs is 1. The maximum Gasteiger partial charge on any atom is 0.341 e. The molecule has 1 aromatic rings. The molecule has 1 aliphatic rings. The first-order chi connectivity index (χ1) is 10.2. The van der Waals surface area contributed by atoms with Gasteiger partial charge in [-0.2, -0.15) is 0 Å². The number of nitrogens with one attached hydrogen (secondary N) is 1. The van der Waals surface area contributed by atoms with Crippen LogP contribution in [0.2, 0.25) is 0 Å². The van der Waals surface area contributed by atoms with Gasteiger partial charge >= 0.3 is 5.97 Å². The Morgan fingerprint density at radius 2 is 2.14 bits per heavy atom. The van der Waals surface area contributed by atoms with Gasteiger partial charge in [-0.3, -0.25) is 0 Å². The molecular weight excluding hydrogens is 310 g/mol. The van der Waals surface area contributed by atoms with Crippen molar-refractivity contribution in [1.82, 2.24) is 0 Å². The van der Waals surface area contributed by atoms with Crippen molar-refractivity contribution >= 4 is 39.7 Å². The van der Waals surface area contributed by atoms with Gasteiger partial charge in [-0.1, -0.05) is 0 Å². The van der Waals surface area contributed by atoms with E-state index in [4.69, 9.17) is 26.8 Å². The lowest BCUT2D eigenvalue weighted by molar-refractivity contribution is 0.0526. The molecule has 1 aromatic heterocycles. The molecule has 0 saturated heterocycles. The van der Waals surface area contributed by atoms with E-state index in [1.807, 2.05) is 0 Å². The minimum absolute atomic E-state index is 0.104. The Kier molecular flexibility index (Phi) is 5.96. The van der Waals surface area contributed by atoms with Crippen LogP contribution in [-0.2, 0) is 22.3 Å². The van der Waals surface area contributed by atoms with Crippen molar-refractivity contribution in [2.45, 2.75) is 32.6 Å². The molecule has 116 valence electrons. The van der Waals surface area contributed by atoms with Crippen LogP contribution in [0.3, 0.4) is 0 Å². The summed E-state index contributed by atoms with van der Waals surface area (Å²) in [6, 6.07) is 0. The summed E-state index contributed by atoms with van der Waals surface area (Å²) in [6.45, 7) is 2.16. The number of esters is 1.